The van der Waals surface area contributed by atoms with E-state index in [1.54, 1.807) is 18.2 Å². The number of carbonyl (C=O) groups excluding carboxylic acids is 1. The molecule has 0 unspecified atom stereocenters. The molecule has 0 saturated carbocycles. The Balaban J connectivity index is 2.15. The fourth-order valence-corrected chi connectivity index (χ4v) is 2.45. The first-order chi connectivity index (χ1) is 9.97. The highest BCUT2D eigenvalue weighted by Crippen LogP contribution is 2.26. The van der Waals surface area contributed by atoms with Gasteiger partial charge in [0.25, 0.3) is 0 Å². The van der Waals surface area contributed by atoms with Crippen LogP contribution >= 0.6 is 23.2 Å². The normalized spacial score (nSPS) is 11.0. The first-order valence-corrected chi connectivity index (χ1v) is 6.69. The third-order valence-corrected chi connectivity index (χ3v) is 3.67. The van der Waals surface area contributed by atoms with Gasteiger partial charge in [-0.3, -0.25) is 4.79 Å². The number of nitrogens with one attached hydrogen (secondary N) is 1. The number of carbonyl (C=O) groups is 1. The van der Waals surface area contributed by atoms with Gasteiger partial charge in [-0.25, -0.2) is 8.78 Å². The predicted octanol–water partition coefficient (Wildman–Crippen LogP) is 4.98. The van der Waals surface area contributed by atoms with Gasteiger partial charge in [0.15, 0.2) is 5.78 Å². The van der Waals surface area contributed by atoms with Crippen LogP contribution in [0.3, 0.4) is 0 Å². The van der Waals surface area contributed by atoms with E-state index in [0.717, 1.165) is 12.1 Å². The zero-order valence-corrected chi connectivity index (χ0v) is 11.9. The number of hydrogen-bond acceptors (Lipinski definition) is 1. The maximum atomic E-state index is 13.8. The minimum atomic E-state index is -0.866. The van der Waals surface area contributed by atoms with Crippen molar-refractivity contribution in [1.29, 1.82) is 0 Å². The Kier molecular flexibility index (Phi) is 3.43. The Morgan fingerprint density at radius 1 is 1.00 bits per heavy atom. The first kappa shape index (κ1) is 14.0. The van der Waals surface area contributed by atoms with Crippen molar-refractivity contribution < 1.29 is 13.6 Å². The number of halogens is 4. The summed E-state index contributed by atoms with van der Waals surface area (Å²) in [5.74, 6) is -2.34. The average molecular weight is 326 g/mol. The fourth-order valence-electron chi connectivity index (χ4n) is 2.13. The lowest BCUT2D eigenvalue weighted by Gasteiger charge is -2.03. The number of H-pyrrole nitrogens is 1. The SMILES string of the molecule is O=C(c1cc(F)c(Cl)cc1F)c1c[nH]c2cc(Cl)ccc12. The van der Waals surface area contributed by atoms with Crippen molar-refractivity contribution in [2.75, 3.05) is 0 Å². The fraction of sp³-hybridized carbons (Fsp3) is 0. The molecule has 1 heterocycles. The largest absolute Gasteiger partial charge is 0.360 e. The molecular formula is C15H7Cl2F2NO. The zero-order valence-electron chi connectivity index (χ0n) is 10.4. The van der Waals surface area contributed by atoms with Crippen molar-refractivity contribution in [2.45, 2.75) is 0 Å². The van der Waals surface area contributed by atoms with E-state index in [2.05, 4.69) is 4.98 Å². The number of aromatic amines is 1. The molecule has 0 radical (unpaired) electrons. The van der Waals surface area contributed by atoms with E-state index in [1.807, 2.05) is 0 Å². The molecule has 0 aliphatic heterocycles. The van der Waals surface area contributed by atoms with Gasteiger partial charge in [0, 0.05) is 27.7 Å². The van der Waals surface area contributed by atoms with Crippen LogP contribution in [0.5, 0.6) is 0 Å². The van der Waals surface area contributed by atoms with E-state index in [-0.39, 0.29) is 16.1 Å². The highest BCUT2D eigenvalue weighted by molar-refractivity contribution is 6.32. The summed E-state index contributed by atoms with van der Waals surface area (Å²) in [4.78, 5) is 15.3. The Morgan fingerprint density at radius 2 is 1.76 bits per heavy atom. The van der Waals surface area contributed by atoms with E-state index < -0.39 is 17.4 Å². The van der Waals surface area contributed by atoms with Crippen LogP contribution in [0.15, 0.2) is 36.5 Å². The molecule has 1 N–H and O–H groups in total. The molecule has 2 nitrogen and oxygen atoms in total. The number of rotatable bonds is 2. The number of aromatic nitrogens is 1. The van der Waals surface area contributed by atoms with Crippen molar-refractivity contribution in [3.05, 3.63) is 69.3 Å². The second-order valence-electron chi connectivity index (χ2n) is 4.47. The van der Waals surface area contributed by atoms with Crippen LogP contribution in [-0.2, 0) is 0 Å². The van der Waals surface area contributed by atoms with Gasteiger partial charge in [0.2, 0.25) is 0 Å². The Morgan fingerprint density at radius 3 is 2.52 bits per heavy atom. The lowest BCUT2D eigenvalue weighted by atomic mass is 10.0. The van der Waals surface area contributed by atoms with Crippen LogP contribution in [-0.4, -0.2) is 10.8 Å². The number of ketones is 1. The van der Waals surface area contributed by atoms with Crippen LogP contribution in [0, 0.1) is 11.6 Å². The van der Waals surface area contributed by atoms with Gasteiger partial charge in [0.1, 0.15) is 11.6 Å². The molecule has 3 aromatic rings. The molecule has 0 fully saturated rings. The van der Waals surface area contributed by atoms with Gasteiger partial charge < -0.3 is 4.98 Å². The molecule has 0 spiro atoms. The van der Waals surface area contributed by atoms with Crippen molar-refractivity contribution in [3.8, 4) is 0 Å². The Labute approximate surface area is 128 Å². The summed E-state index contributed by atoms with van der Waals surface area (Å²) in [5.41, 5.74) is 0.510. The molecule has 21 heavy (non-hydrogen) atoms. The molecule has 0 bridgehead atoms. The molecule has 2 aromatic carbocycles. The summed E-state index contributed by atoms with van der Waals surface area (Å²) < 4.78 is 27.3. The van der Waals surface area contributed by atoms with Crippen LogP contribution in [0.2, 0.25) is 10.0 Å². The molecule has 0 atom stereocenters. The van der Waals surface area contributed by atoms with Crippen LogP contribution < -0.4 is 0 Å². The molecule has 1 aromatic heterocycles. The van der Waals surface area contributed by atoms with Gasteiger partial charge in [-0.2, -0.15) is 0 Å². The topological polar surface area (TPSA) is 32.9 Å². The molecule has 0 amide bonds. The van der Waals surface area contributed by atoms with Crippen LogP contribution in [0.1, 0.15) is 15.9 Å². The zero-order chi connectivity index (χ0) is 15.1. The summed E-state index contributed by atoms with van der Waals surface area (Å²) in [5, 5.41) is 0.723. The molecule has 0 aliphatic carbocycles. The lowest BCUT2D eigenvalue weighted by molar-refractivity contribution is 0.103. The number of benzene rings is 2. The Bertz CT molecular complexity index is 873. The van der Waals surface area contributed by atoms with Gasteiger partial charge in [0.05, 0.1) is 10.6 Å². The van der Waals surface area contributed by atoms with Gasteiger partial charge in [-0.15, -0.1) is 0 Å². The minimum Gasteiger partial charge on any atom is -0.360 e. The highest BCUT2D eigenvalue weighted by atomic mass is 35.5. The minimum absolute atomic E-state index is 0.238. The van der Waals surface area contributed by atoms with Crippen molar-refractivity contribution >= 4 is 39.9 Å². The predicted molar refractivity (Wildman–Crippen MR) is 78.1 cm³/mol. The van der Waals surface area contributed by atoms with E-state index in [1.165, 1.54) is 6.20 Å². The van der Waals surface area contributed by atoms with Crippen molar-refractivity contribution in [2.24, 2.45) is 0 Å². The molecular weight excluding hydrogens is 319 g/mol. The smallest absolute Gasteiger partial charge is 0.198 e. The van der Waals surface area contributed by atoms with Crippen LogP contribution in [0.25, 0.3) is 10.9 Å². The average Bonchev–Trinajstić information content (AvgIpc) is 2.85. The summed E-state index contributed by atoms with van der Waals surface area (Å²) >= 11 is 11.3. The lowest BCUT2D eigenvalue weighted by Crippen LogP contribution is -2.04. The monoisotopic (exact) mass is 325 g/mol. The van der Waals surface area contributed by atoms with E-state index in [9.17, 15) is 13.6 Å². The maximum Gasteiger partial charge on any atom is 0.198 e. The molecule has 6 heteroatoms. The van der Waals surface area contributed by atoms with Gasteiger partial charge in [-0.05, 0) is 24.3 Å². The summed E-state index contributed by atoms with van der Waals surface area (Å²) in [6.45, 7) is 0. The third kappa shape index (κ3) is 2.41. The van der Waals surface area contributed by atoms with Gasteiger partial charge in [-0.1, -0.05) is 29.3 Å². The van der Waals surface area contributed by atoms with Gasteiger partial charge >= 0.3 is 0 Å². The second kappa shape index (κ2) is 5.13. The summed E-state index contributed by atoms with van der Waals surface area (Å²) in [6, 6.07) is 6.50. The van der Waals surface area contributed by atoms with E-state index in [0.29, 0.717) is 15.9 Å². The highest BCUT2D eigenvalue weighted by Gasteiger charge is 2.20. The van der Waals surface area contributed by atoms with E-state index >= 15 is 0 Å². The number of fused-ring (bicyclic) bond motifs is 1. The van der Waals surface area contributed by atoms with E-state index in [4.69, 9.17) is 23.2 Å². The van der Waals surface area contributed by atoms with Crippen LogP contribution in [0.4, 0.5) is 8.78 Å². The maximum absolute atomic E-state index is 13.8. The third-order valence-electron chi connectivity index (χ3n) is 3.14. The summed E-state index contributed by atoms with van der Waals surface area (Å²) in [7, 11) is 0. The molecule has 0 aliphatic rings. The van der Waals surface area contributed by atoms with Crippen molar-refractivity contribution in [3.63, 3.8) is 0 Å². The quantitative estimate of drug-likeness (QED) is 0.523. The second-order valence-corrected chi connectivity index (χ2v) is 5.31. The standard InChI is InChI=1S/C15H7Cl2F2NO/c16-7-1-2-8-10(6-20-14(8)3-7)15(21)9-4-13(19)11(17)5-12(9)18/h1-6,20H. The van der Waals surface area contributed by atoms with Crippen molar-refractivity contribution in [1.82, 2.24) is 4.98 Å². The Hall–Kier alpha value is -1.91. The summed E-state index contributed by atoms with van der Waals surface area (Å²) in [6.07, 6.45) is 1.44. The molecule has 3 rings (SSSR count). The molecule has 0 saturated heterocycles. The molecule has 106 valence electrons. The first-order valence-electron chi connectivity index (χ1n) is 5.93. The number of hydrogen-bond donors (Lipinski definition) is 1.